The maximum Gasteiger partial charge on any atom is 0.108 e. The van der Waals surface area contributed by atoms with E-state index in [2.05, 4.69) is 5.18 Å². The molecule has 0 saturated heterocycles. The van der Waals surface area contributed by atoms with Crippen LogP contribution in [0.5, 0.6) is 0 Å². The number of anilines is 1. The third kappa shape index (κ3) is 3.85. The smallest absolute Gasteiger partial charge is 0.108 e. The van der Waals surface area contributed by atoms with Gasteiger partial charge in [-0.05, 0) is 36.4 Å². The molecule has 1 aromatic rings. The second-order valence-corrected chi connectivity index (χ2v) is 2.91. The van der Waals surface area contributed by atoms with Gasteiger partial charge in [0, 0.05) is 18.8 Å². The van der Waals surface area contributed by atoms with Crippen LogP contribution in [0.25, 0.3) is 0 Å². The highest BCUT2D eigenvalue weighted by atomic mass is 35.5. The molecule has 0 spiro atoms. The molecule has 4 nitrogen and oxygen atoms in total. The van der Waals surface area contributed by atoms with Crippen LogP contribution in [0.15, 0.2) is 29.4 Å². The molecule has 0 aliphatic rings. The van der Waals surface area contributed by atoms with Crippen LogP contribution in [0, 0.1) is 4.91 Å². The molecule has 15 heavy (non-hydrogen) atoms. The van der Waals surface area contributed by atoms with E-state index in [0.29, 0.717) is 12.2 Å². The molecule has 0 fully saturated rings. The molecule has 0 aromatic heterocycles. The maximum absolute atomic E-state index is 10.2. The van der Waals surface area contributed by atoms with Gasteiger partial charge in [-0.2, -0.15) is 0 Å². The van der Waals surface area contributed by atoms with Crippen molar-refractivity contribution in [3.05, 3.63) is 29.2 Å². The summed E-state index contributed by atoms with van der Waals surface area (Å²) in [5, 5.41) is 11.6. The number of likely N-dealkylation sites (N-methyl/N-ethyl adjacent to an activating group) is 1. The average Bonchev–Trinajstić information content (AvgIpc) is 2.26. The summed E-state index contributed by atoms with van der Waals surface area (Å²) in [5.74, 6) is 0. The van der Waals surface area contributed by atoms with E-state index < -0.39 is 0 Å². The monoisotopic (exact) mass is 230 g/mol. The summed E-state index contributed by atoms with van der Waals surface area (Å²) >= 11 is 0. The van der Waals surface area contributed by atoms with Gasteiger partial charge in [0.2, 0.25) is 0 Å². The fourth-order valence-electron chi connectivity index (χ4n) is 1.31. The van der Waals surface area contributed by atoms with Crippen LogP contribution in [0.4, 0.5) is 11.4 Å². The van der Waals surface area contributed by atoms with Crippen molar-refractivity contribution in [1.82, 2.24) is 0 Å². The van der Waals surface area contributed by atoms with E-state index in [1.807, 2.05) is 24.0 Å². The molecular formula is C10H15ClN2O2. The number of hydrogen-bond donors (Lipinski definition) is 1. The van der Waals surface area contributed by atoms with Gasteiger partial charge < -0.3 is 10.0 Å². The highest BCUT2D eigenvalue weighted by Gasteiger charge is 2.02. The largest absolute Gasteiger partial charge is 0.395 e. The Hall–Kier alpha value is -1.13. The van der Waals surface area contributed by atoms with Crippen LogP contribution in [-0.2, 0) is 0 Å². The number of nitrogens with zero attached hydrogens (tertiary/aromatic N) is 2. The standard InChI is InChI=1S/C10H14N2O2.ClH/c1-2-12(7-8-13)10-5-3-9(11-14)4-6-10;/h3-6,13H,2,7-8H2,1H3;1H. The average molecular weight is 231 g/mol. The van der Waals surface area contributed by atoms with E-state index in [9.17, 15) is 4.91 Å². The van der Waals surface area contributed by atoms with Crippen molar-refractivity contribution >= 4 is 23.8 Å². The molecule has 0 bridgehead atoms. The van der Waals surface area contributed by atoms with Gasteiger partial charge in [0.1, 0.15) is 5.69 Å². The zero-order chi connectivity index (χ0) is 10.4. The first kappa shape index (κ1) is 13.9. The summed E-state index contributed by atoms with van der Waals surface area (Å²) in [5.41, 5.74) is 1.42. The molecule has 5 heteroatoms. The predicted molar refractivity (Wildman–Crippen MR) is 64.1 cm³/mol. The summed E-state index contributed by atoms with van der Waals surface area (Å²) in [7, 11) is 0. The highest BCUT2D eigenvalue weighted by molar-refractivity contribution is 5.85. The number of aliphatic hydroxyl groups excluding tert-OH is 1. The van der Waals surface area contributed by atoms with Gasteiger partial charge in [0.15, 0.2) is 0 Å². The Kier molecular flexibility index (Phi) is 6.66. The Morgan fingerprint density at radius 1 is 1.33 bits per heavy atom. The molecule has 0 unspecified atom stereocenters. The van der Waals surface area contributed by atoms with E-state index in [0.717, 1.165) is 12.2 Å². The predicted octanol–water partition coefficient (Wildman–Crippen LogP) is 2.32. The van der Waals surface area contributed by atoms with Crippen LogP contribution in [0.2, 0.25) is 0 Å². The normalized spacial score (nSPS) is 9.20. The first-order valence-electron chi connectivity index (χ1n) is 4.61. The fourth-order valence-corrected chi connectivity index (χ4v) is 1.31. The van der Waals surface area contributed by atoms with Gasteiger partial charge in [0.25, 0.3) is 0 Å². The van der Waals surface area contributed by atoms with E-state index in [-0.39, 0.29) is 19.0 Å². The highest BCUT2D eigenvalue weighted by Crippen LogP contribution is 2.18. The fraction of sp³-hybridized carbons (Fsp3) is 0.400. The number of benzene rings is 1. The SMILES string of the molecule is CCN(CCO)c1ccc(N=O)cc1.Cl. The molecule has 0 aliphatic heterocycles. The summed E-state index contributed by atoms with van der Waals surface area (Å²) in [6.07, 6.45) is 0. The first-order valence-corrected chi connectivity index (χ1v) is 4.61. The van der Waals surface area contributed by atoms with Crippen LogP contribution in [-0.4, -0.2) is 24.8 Å². The molecule has 0 heterocycles. The van der Waals surface area contributed by atoms with E-state index >= 15 is 0 Å². The van der Waals surface area contributed by atoms with Crippen LogP contribution < -0.4 is 4.90 Å². The minimum absolute atomic E-state index is 0. The van der Waals surface area contributed by atoms with Crippen molar-refractivity contribution in [3.63, 3.8) is 0 Å². The van der Waals surface area contributed by atoms with Crippen molar-refractivity contribution in [2.75, 3.05) is 24.6 Å². The quantitative estimate of drug-likeness (QED) is 0.790. The summed E-state index contributed by atoms with van der Waals surface area (Å²) < 4.78 is 0. The molecule has 84 valence electrons. The topological polar surface area (TPSA) is 52.9 Å². The van der Waals surface area contributed by atoms with Gasteiger partial charge in [-0.3, -0.25) is 0 Å². The number of hydrogen-bond acceptors (Lipinski definition) is 4. The number of halogens is 1. The van der Waals surface area contributed by atoms with Gasteiger partial charge in [-0.25, -0.2) is 0 Å². The Morgan fingerprint density at radius 3 is 2.33 bits per heavy atom. The minimum Gasteiger partial charge on any atom is -0.395 e. The Bertz CT molecular complexity index is 290. The van der Waals surface area contributed by atoms with E-state index in [1.54, 1.807) is 12.1 Å². The van der Waals surface area contributed by atoms with Gasteiger partial charge >= 0.3 is 0 Å². The molecule has 1 N–H and O–H groups in total. The molecule has 1 aromatic carbocycles. The molecular weight excluding hydrogens is 216 g/mol. The first-order chi connectivity index (χ1) is 6.81. The number of nitroso groups, excluding NO2 is 1. The number of aliphatic hydroxyl groups is 1. The van der Waals surface area contributed by atoms with Crippen molar-refractivity contribution < 1.29 is 5.11 Å². The van der Waals surface area contributed by atoms with E-state index in [1.165, 1.54) is 0 Å². The van der Waals surface area contributed by atoms with Crippen LogP contribution >= 0.6 is 12.4 Å². The molecule has 0 amide bonds. The molecule has 0 atom stereocenters. The third-order valence-corrected chi connectivity index (χ3v) is 2.07. The van der Waals surface area contributed by atoms with Crippen molar-refractivity contribution in [1.29, 1.82) is 0 Å². The van der Waals surface area contributed by atoms with Gasteiger partial charge in [-0.15, -0.1) is 17.3 Å². The van der Waals surface area contributed by atoms with Crippen molar-refractivity contribution in [2.45, 2.75) is 6.92 Å². The third-order valence-electron chi connectivity index (χ3n) is 2.07. The lowest BCUT2D eigenvalue weighted by Gasteiger charge is -2.21. The summed E-state index contributed by atoms with van der Waals surface area (Å²) in [6.45, 7) is 3.57. The lowest BCUT2D eigenvalue weighted by Crippen LogP contribution is -2.25. The zero-order valence-corrected chi connectivity index (χ0v) is 9.41. The summed E-state index contributed by atoms with van der Waals surface area (Å²) in [6, 6.07) is 7.00. The molecule has 0 saturated carbocycles. The Balaban J connectivity index is 0.00000196. The zero-order valence-electron chi connectivity index (χ0n) is 8.59. The molecule has 0 radical (unpaired) electrons. The Morgan fingerprint density at radius 2 is 1.93 bits per heavy atom. The Labute approximate surface area is 95.3 Å². The minimum atomic E-state index is 0. The summed E-state index contributed by atoms with van der Waals surface area (Å²) in [4.78, 5) is 12.2. The molecule has 1 rings (SSSR count). The lowest BCUT2D eigenvalue weighted by atomic mass is 10.2. The van der Waals surface area contributed by atoms with Gasteiger partial charge in [-0.1, -0.05) is 0 Å². The van der Waals surface area contributed by atoms with Crippen LogP contribution in [0.3, 0.4) is 0 Å². The van der Waals surface area contributed by atoms with Crippen molar-refractivity contribution in [3.8, 4) is 0 Å². The lowest BCUT2D eigenvalue weighted by molar-refractivity contribution is 0.302. The van der Waals surface area contributed by atoms with E-state index in [4.69, 9.17) is 5.11 Å². The number of rotatable bonds is 5. The second kappa shape index (κ2) is 7.20. The van der Waals surface area contributed by atoms with Crippen molar-refractivity contribution in [2.24, 2.45) is 5.18 Å². The maximum atomic E-state index is 10.2. The molecule has 0 aliphatic carbocycles. The second-order valence-electron chi connectivity index (χ2n) is 2.91. The van der Waals surface area contributed by atoms with Gasteiger partial charge in [0.05, 0.1) is 6.61 Å². The van der Waals surface area contributed by atoms with Crippen LogP contribution in [0.1, 0.15) is 6.92 Å².